The molecule has 0 aromatic heterocycles. The zero-order valence-corrected chi connectivity index (χ0v) is 11.6. The first-order valence-electron chi connectivity index (χ1n) is 7.28. The number of aliphatic hydroxyl groups excluding tert-OH is 1. The Kier molecular flexibility index (Phi) is 8.01. The molecule has 1 aliphatic heterocycles. The number of nitrogens with zero attached hydrogens (tertiary/aromatic N) is 1. The summed E-state index contributed by atoms with van der Waals surface area (Å²) >= 11 is 0. The number of aliphatic hydroxyl groups is 1. The Balaban J connectivity index is 2.26. The highest BCUT2D eigenvalue weighted by atomic mass is 16.5. The topological polar surface area (TPSA) is 49.8 Å². The van der Waals surface area contributed by atoms with E-state index in [2.05, 4.69) is 6.92 Å². The van der Waals surface area contributed by atoms with Crippen molar-refractivity contribution in [3.63, 3.8) is 0 Å². The van der Waals surface area contributed by atoms with Crippen molar-refractivity contribution in [3.8, 4) is 0 Å². The maximum atomic E-state index is 12.0. The van der Waals surface area contributed by atoms with E-state index in [-0.39, 0.29) is 18.6 Å². The van der Waals surface area contributed by atoms with E-state index in [0.29, 0.717) is 13.0 Å². The Bertz CT molecular complexity index is 227. The summed E-state index contributed by atoms with van der Waals surface area (Å²) in [5.74, 6) is 0.159. The predicted molar refractivity (Wildman–Crippen MR) is 71.4 cm³/mol. The van der Waals surface area contributed by atoms with E-state index in [1.54, 1.807) is 4.90 Å². The van der Waals surface area contributed by atoms with Crippen LogP contribution in [0.2, 0.25) is 0 Å². The molecule has 0 saturated carbocycles. The summed E-state index contributed by atoms with van der Waals surface area (Å²) in [6, 6.07) is 0. The minimum Gasteiger partial charge on any atom is -0.395 e. The fourth-order valence-electron chi connectivity index (χ4n) is 2.31. The first-order chi connectivity index (χ1) is 8.77. The zero-order valence-electron chi connectivity index (χ0n) is 11.6. The number of carbonyl (C=O) groups excluding carboxylic acids is 1. The summed E-state index contributed by atoms with van der Waals surface area (Å²) in [5, 5.41) is 8.98. The minimum atomic E-state index is 0.0510. The zero-order chi connectivity index (χ0) is 13.2. The molecule has 1 fully saturated rings. The van der Waals surface area contributed by atoms with Crippen molar-refractivity contribution in [1.29, 1.82) is 0 Å². The normalized spacial score (nSPS) is 19.8. The van der Waals surface area contributed by atoms with Crippen LogP contribution in [-0.2, 0) is 9.53 Å². The highest BCUT2D eigenvalue weighted by Gasteiger charge is 2.18. The molecule has 0 bridgehead atoms. The number of amides is 1. The number of unbranched alkanes of at least 4 members (excludes halogenated alkanes) is 1. The lowest BCUT2D eigenvalue weighted by atomic mass is 10.0. The highest BCUT2D eigenvalue weighted by molar-refractivity contribution is 5.76. The molecule has 1 amide bonds. The standard InChI is InChI=1S/C14H27NO3/c1-2-3-9-15(10-11-16)14(17)8-7-13-6-4-5-12-18-13/h13,16H,2-12H2,1H3. The van der Waals surface area contributed by atoms with E-state index in [1.165, 1.54) is 6.42 Å². The predicted octanol–water partition coefficient (Wildman–Crippen LogP) is 1.96. The van der Waals surface area contributed by atoms with Crippen LogP contribution in [-0.4, -0.2) is 48.3 Å². The molecule has 106 valence electrons. The average molecular weight is 257 g/mol. The molecule has 18 heavy (non-hydrogen) atoms. The largest absolute Gasteiger partial charge is 0.395 e. The summed E-state index contributed by atoms with van der Waals surface area (Å²) in [6.45, 7) is 4.23. The number of hydrogen-bond acceptors (Lipinski definition) is 3. The van der Waals surface area contributed by atoms with Gasteiger partial charge in [-0.15, -0.1) is 0 Å². The second-order valence-corrected chi connectivity index (χ2v) is 4.99. The molecule has 0 aromatic rings. The van der Waals surface area contributed by atoms with Gasteiger partial charge in [-0.1, -0.05) is 13.3 Å². The SMILES string of the molecule is CCCCN(CCO)C(=O)CCC1CCCCO1. The van der Waals surface area contributed by atoms with Crippen molar-refractivity contribution in [3.05, 3.63) is 0 Å². The van der Waals surface area contributed by atoms with E-state index < -0.39 is 0 Å². The van der Waals surface area contributed by atoms with E-state index in [1.807, 2.05) is 0 Å². The van der Waals surface area contributed by atoms with E-state index >= 15 is 0 Å². The lowest BCUT2D eigenvalue weighted by Gasteiger charge is -2.25. The smallest absolute Gasteiger partial charge is 0.222 e. The van der Waals surface area contributed by atoms with Crippen LogP contribution >= 0.6 is 0 Å². The fourth-order valence-corrected chi connectivity index (χ4v) is 2.31. The van der Waals surface area contributed by atoms with Crippen LogP contribution in [0.3, 0.4) is 0 Å². The van der Waals surface area contributed by atoms with Crippen molar-refractivity contribution < 1.29 is 14.6 Å². The lowest BCUT2D eigenvalue weighted by molar-refractivity contribution is -0.132. The van der Waals surface area contributed by atoms with Crippen LogP contribution in [0.5, 0.6) is 0 Å². The Morgan fingerprint density at radius 2 is 2.22 bits per heavy atom. The van der Waals surface area contributed by atoms with Crippen LogP contribution in [0.1, 0.15) is 51.9 Å². The molecule has 1 atom stereocenters. The summed E-state index contributed by atoms with van der Waals surface area (Å²) in [7, 11) is 0. The van der Waals surface area contributed by atoms with E-state index in [9.17, 15) is 4.79 Å². The van der Waals surface area contributed by atoms with Crippen LogP contribution < -0.4 is 0 Å². The van der Waals surface area contributed by atoms with Gasteiger partial charge in [-0.2, -0.15) is 0 Å². The third-order valence-corrected chi connectivity index (χ3v) is 3.46. The van der Waals surface area contributed by atoms with Crippen LogP contribution in [0.25, 0.3) is 0 Å². The molecule has 1 rings (SSSR count). The van der Waals surface area contributed by atoms with Gasteiger partial charge in [-0.3, -0.25) is 4.79 Å². The molecule has 0 aromatic carbocycles. The maximum Gasteiger partial charge on any atom is 0.222 e. The van der Waals surface area contributed by atoms with Gasteiger partial charge in [0.2, 0.25) is 5.91 Å². The molecule has 1 heterocycles. The van der Waals surface area contributed by atoms with Crippen molar-refractivity contribution in [2.24, 2.45) is 0 Å². The van der Waals surface area contributed by atoms with E-state index in [4.69, 9.17) is 9.84 Å². The van der Waals surface area contributed by atoms with Gasteiger partial charge in [0.1, 0.15) is 0 Å². The van der Waals surface area contributed by atoms with Gasteiger partial charge in [0.15, 0.2) is 0 Å². The molecule has 0 radical (unpaired) electrons. The second kappa shape index (κ2) is 9.34. The number of hydrogen-bond donors (Lipinski definition) is 1. The first-order valence-corrected chi connectivity index (χ1v) is 7.28. The van der Waals surface area contributed by atoms with E-state index in [0.717, 1.165) is 45.3 Å². The summed E-state index contributed by atoms with van der Waals surface area (Å²) in [6.07, 6.45) is 7.17. The Morgan fingerprint density at radius 3 is 2.83 bits per heavy atom. The fraction of sp³-hybridized carbons (Fsp3) is 0.929. The van der Waals surface area contributed by atoms with Crippen molar-refractivity contribution >= 4 is 5.91 Å². The third-order valence-electron chi connectivity index (χ3n) is 3.46. The Morgan fingerprint density at radius 1 is 1.39 bits per heavy atom. The van der Waals surface area contributed by atoms with Gasteiger partial charge in [0.05, 0.1) is 12.7 Å². The molecule has 0 spiro atoms. The van der Waals surface area contributed by atoms with Crippen LogP contribution in [0.4, 0.5) is 0 Å². The minimum absolute atomic E-state index is 0.0510. The van der Waals surface area contributed by atoms with Crippen molar-refractivity contribution in [2.45, 2.75) is 58.0 Å². The van der Waals surface area contributed by atoms with Gasteiger partial charge in [-0.05, 0) is 32.1 Å². The third kappa shape index (κ3) is 5.83. The summed E-state index contributed by atoms with van der Waals surface area (Å²) in [5.41, 5.74) is 0. The lowest BCUT2D eigenvalue weighted by Crippen LogP contribution is -2.35. The number of carbonyl (C=O) groups is 1. The highest BCUT2D eigenvalue weighted by Crippen LogP contribution is 2.17. The molecule has 1 aliphatic rings. The second-order valence-electron chi connectivity index (χ2n) is 4.99. The van der Waals surface area contributed by atoms with Gasteiger partial charge in [0.25, 0.3) is 0 Å². The summed E-state index contributed by atoms with van der Waals surface area (Å²) in [4.78, 5) is 13.8. The Hall–Kier alpha value is -0.610. The van der Waals surface area contributed by atoms with Crippen LogP contribution in [0.15, 0.2) is 0 Å². The van der Waals surface area contributed by atoms with Gasteiger partial charge in [0, 0.05) is 26.1 Å². The molecule has 4 nitrogen and oxygen atoms in total. The Labute approximate surface area is 110 Å². The molecule has 1 unspecified atom stereocenters. The molecular weight excluding hydrogens is 230 g/mol. The molecule has 1 saturated heterocycles. The van der Waals surface area contributed by atoms with Crippen molar-refractivity contribution in [1.82, 2.24) is 4.90 Å². The quantitative estimate of drug-likeness (QED) is 0.723. The first kappa shape index (κ1) is 15.4. The molecular formula is C14H27NO3. The average Bonchev–Trinajstić information content (AvgIpc) is 2.42. The number of ether oxygens (including phenoxy) is 1. The van der Waals surface area contributed by atoms with Crippen molar-refractivity contribution in [2.75, 3.05) is 26.3 Å². The summed E-state index contributed by atoms with van der Waals surface area (Å²) < 4.78 is 5.63. The maximum absolute atomic E-state index is 12.0. The van der Waals surface area contributed by atoms with Gasteiger partial charge < -0.3 is 14.7 Å². The number of rotatable bonds is 8. The van der Waals surface area contributed by atoms with Gasteiger partial charge >= 0.3 is 0 Å². The molecule has 4 heteroatoms. The van der Waals surface area contributed by atoms with Crippen LogP contribution in [0, 0.1) is 0 Å². The van der Waals surface area contributed by atoms with Gasteiger partial charge in [-0.25, -0.2) is 0 Å². The molecule has 1 N–H and O–H groups in total. The monoisotopic (exact) mass is 257 g/mol. The molecule has 0 aliphatic carbocycles.